The molecular formula is C14H27NO. The van der Waals surface area contributed by atoms with Crippen molar-refractivity contribution >= 4 is 5.78 Å². The largest absolute Gasteiger partial charge is 0.298 e. The molecule has 1 fully saturated rings. The van der Waals surface area contributed by atoms with Gasteiger partial charge in [0.05, 0.1) is 6.54 Å². The van der Waals surface area contributed by atoms with E-state index < -0.39 is 0 Å². The first-order valence-corrected chi connectivity index (χ1v) is 6.54. The van der Waals surface area contributed by atoms with Gasteiger partial charge in [0.25, 0.3) is 0 Å². The van der Waals surface area contributed by atoms with Crippen molar-refractivity contribution in [2.75, 3.05) is 13.6 Å². The second kappa shape index (κ2) is 5.31. The highest BCUT2D eigenvalue weighted by Crippen LogP contribution is 2.27. The Morgan fingerprint density at radius 3 is 2.12 bits per heavy atom. The first kappa shape index (κ1) is 13.7. The van der Waals surface area contributed by atoms with Crippen LogP contribution in [0.1, 0.15) is 53.4 Å². The maximum absolute atomic E-state index is 11.9. The molecule has 0 spiro atoms. The van der Waals surface area contributed by atoms with Crippen molar-refractivity contribution in [3.63, 3.8) is 0 Å². The van der Waals surface area contributed by atoms with E-state index >= 15 is 0 Å². The Labute approximate surface area is 100 Å². The third-order valence-electron chi connectivity index (χ3n) is 3.84. The highest BCUT2D eigenvalue weighted by molar-refractivity contribution is 5.85. The topological polar surface area (TPSA) is 20.3 Å². The summed E-state index contributed by atoms with van der Waals surface area (Å²) in [6.45, 7) is 8.96. The molecule has 0 amide bonds. The van der Waals surface area contributed by atoms with Crippen molar-refractivity contribution < 1.29 is 4.79 Å². The number of nitrogens with zero attached hydrogens (tertiary/aromatic N) is 1. The van der Waals surface area contributed by atoms with E-state index in [2.05, 4.69) is 18.9 Å². The van der Waals surface area contributed by atoms with Crippen LogP contribution in [0.4, 0.5) is 0 Å². The van der Waals surface area contributed by atoms with Gasteiger partial charge in [0.15, 0.2) is 5.78 Å². The van der Waals surface area contributed by atoms with Crippen LogP contribution < -0.4 is 0 Å². The third-order valence-corrected chi connectivity index (χ3v) is 3.84. The Morgan fingerprint density at radius 2 is 1.69 bits per heavy atom. The molecule has 0 aromatic rings. The van der Waals surface area contributed by atoms with Crippen LogP contribution in [0.15, 0.2) is 0 Å². The molecule has 0 aromatic heterocycles. The molecule has 0 bridgehead atoms. The van der Waals surface area contributed by atoms with Crippen LogP contribution in [0.5, 0.6) is 0 Å². The highest BCUT2D eigenvalue weighted by Gasteiger charge is 2.27. The summed E-state index contributed by atoms with van der Waals surface area (Å²) in [5.74, 6) is 1.23. The van der Waals surface area contributed by atoms with Gasteiger partial charge in [-0.3, -0.25) is 9.69 Å². The number of hydrogen-bond donors (Lipinski definition) is 0. The average molecular weight is 225 g/mol. The first-order chi connectivity index (χ1) is 7.30. The van der Waals surface area contributed by atoms with Crippen LogP contribution in [-0.4, -0.2) is 30.3 Å². The Morgan fingerprint density at radius 1 is 1.19 bits per heavy atom. The average Bonchev–Trinajstić information content (AvgIpc) is 2.17. The molecule has 0 radical (unpaired) electrons. The van der Waals surface area contributed by atoms with E-state index in [-0.39, 0.29) is 5.41 Å². The van der Waals surface area contributed by atoms with Gasteiger partial charge in [-0.15, -0.1) is 0 Å². The number of carbonyl (C=O) groups excluding carboxylic acids is 1. The fourth-order valence-corrected chi connectivity index (χ4v) is 2.28. The number of rotatable bonds is 3. The molecule has 0 N–H and O–H groups in total. The maximum Gasteiger partial charge on any atom is 0.152 e. The van der Waals surface area contributed by atoms with E-state index in [0.29, 0.717) is 18.4 Å². The van der Waals surface area contributed by atoms with Crippen LogP contribution >= 0.6 is 0 Å². The Hall–Kier alpha value is -0.370. The molecule has 2 heteroatoms. The Balaban J connectivity index is 2.41. The van der Waals surface area contributed by atoms with Gasteiger partial charge < -0.3 is 0 Å². The molecule has 0 atom stereocenters. The van der Waals surface area contributed by atoms with Crippen LogP contribution in [0.25, 0.3) is 0 Å². The van der Waals surface area contributed by atoms with E-state index in [9.17, 15) is 4.79 Å². The molecule has 1 aliphatic rings. The number of hydrogen-bond acceptors (Lipinski definition) is 2. The van der Waals surface area contributed by atoms with Crippen molar-refractivity contribution in [3.8, 4) is 0 Å². The molecule has 0 heterocycles. The van der Waals surface area contributed by atoms with Gasteiger partial charge in [0.1, 0.15) is 0 Å². The summed E-state index contributed by atoms with van der Waals surface area (Å²) >= 11 is 0. The van der Waals surface area contributed by atoms with Gasteiger partial charge in [-0.05, 0) is 38.6 Å². The molecule has 0 saturated heterocycles. The Bertz CT molecular complexity index is 234. The van der Waals surface area contributed by atoms with Crippen molar-refractivity contribution in [3.05, 3.63) is 0 Å². The minimum Gasteiger partial charge on any atom is -0.298 e. The molecule has 1 aliphatic carbocycles. The van der Waals surface area contributed by atoms with Gasteiger partial charge in [-0.1, -0.05) is 27.7 Å². The molecule has 1 rings (SSSR count). The second-order valence-corrected chi connectivity index (χ2v) is 6.50. The number of carbonyl (C=O) groups is 1. The predicted molar refractivity (Wildman–Crippen MR) is 68.5 cm³/mol. The predicted octanol–water partition coefficient (Wildman–Crippen LogP) is 3.11. The lowest BCUT2D eigenvalue weighted by Gasteiger charge is -2.34. The highest BCUT2D eigenvalue weighted by atomic mass is 16.1. The number of ketones is 1. The van der Waals surface area contributed by atoms with Crippen LogP contribution in [-0.2, 0) is 4.79 Å². The summed E-state index contributed by atoms with van der Waals surface area (Å²) in [6, 6.07) is 0.627. The fraction of sp³-hybridized carbons (Fsp3) is 0.929. The van der Waals surface area contributed by atoms with Gasteiger partial charge in [-0.2, -0.15) is 0 Å². The summed E-state index contributed by atoms with van der Waals surface area (Å²) in [6.07, 6.45) is 5.15. The summed E-state index contributed by atoms with van der Waals surface area (Å²) in [4.78, 5) is 14.2. The van der Waals surface area contributed by atoms with E-state index in [0.717, 1.165) is 5.92 Å². The lowest BCUT2D eigenvalue weighted by atomic mass is 9.85. The van der Waals surface area contributed by atoms with Gasteiger partial charge in [0, 0.05) is 11.5 Å². The zero-order valence-corrected chi connectivity index (χ0v) is 11.5. The van der Waals surface area contributed by atoms with E-state index in [4.69, 9.17) is 0 Å². The molecule has 1 saturated carbocycles. The molecule has 0 aliphatic heterocycles. The van der Waals surface area contributed by atoms with E-state index in [1.54, 1.807) is 0 Å². The molecule has 2 nitrogen and oxygen atoms in total. The third kappa shape index (κ3) is 3.89. The molecule has 0 unspecified atom stereocenters. The smallest absolute Gasteiger partial charge is 0.152 e. The minimum atomic E-state index is -0.198. The summed E-state index contributed by atoms with van der Waals surface area (Å²) < 4.78 is 0. The van der Waals surface area contributed by atoms with Crippen molar-refractivity contribution in [2.24, 2.45) is 11.3 Å². The Kier molecular flexibility index (Phi) is 4.54. The number of likely N-dealkylation sites (N-methyl/N-ethyl adjacent to an activating group) is 1. The normalized spacial score (nSPS) is 27.1. The van der Waals surface area contributed by atoms with Crippen LogP contribution in [0, 0.1) is 11.3 Å². The zero-order valence-electron chi connectivity index (χ0n) is 11.5. The van der Waals surface area contributed by atoms with Crippen molar-refractivity contribution in [2.45, 2.75) is 59.4 Å². The van der Waals surface area contributed by atoms with Crippen molar-refractivity contribution in [1.82, 2.24) is 4.90 Å². The van der Waals surface area contributed by atoms with Gasteiger partial charge >= 0.3 is 0 Å². The van der Waals surface area contributed by atoms with Crippen molar-refractivity contribution in [1.29, 1.82) is 0 Å². The lowest BCUT2D eigenvalue weighted by Crippen LogP contribution is -2.41. The zero-order chi connectivity index (χ0) is 12.3. The summed E-state index contributed by atoms with van der Waals surface area (Å²) in [5, 5.41) is 0. The summed E-state index contributed by atoms with van der Waals surface area (Å²) in [7, 11) is 2.10. The van der Waals surface area contributed by atoms with Gasteiger partial charge in [-0.25, -0.2) is 0 Å². The summed E-state index contributed by atoms with van der Waals surface area (Å²) in [5.41, 5.74) is -0.198. The fourth-order valence-electron chi connectivity index (χ4n) is 2.28. The first-order valence-electron chi connectivity index (χ1n) is 6.54. The maximum atomic E-state index is 11.9. The van der Waals surface area contributed by atoms with E-state index in [1.165, 1.54) is 25.7 Å². The SMILES string of the molecule is CC1CCC(N(C)CC(=O)C(C)(C)C)CC1. The monoisotopic (exact) mass is 225 g/mol. The van der Waals surface area contributed by atoms with Crippen LogP contribution in [0.3, 0.4) is 0 Å². The second-order valence-electron chi connectivity index (χ2n) is 6.50. The lowest BCUT2D eigenvalue weighted by molar-refractivity contribution is -0.127. The molecule has 0 aromatic carbocycles. The van der Waals surface area contributed by atoms with E-state index in [1.807, 2.05) is 20.8 Å². The van der Waals surface area contributed by atoms with Crippen LogP contribution in [0.2, 0.25) is 0 Å². The standard InChI is InChI=1S/C14H27NO/c1-11-6-8-12(9-7-11)15(5)10-13(16)14(2,3)4/h11-12H,6-10H2,1-5H3. The number of Topliss-reactive ketones (excluding diaryl/α,β-unsaturated/α-hetero) is 1. The quantitative estimate of drug-likeness (QED) is 0.735. The molecule has 94 valence electrons. The van der Waals surface area contributed by atoms with Gasteiger partial charge in [0.2, 0.25) is 0 Å². The minimum absolute atomic E-state index is 0.198. The molecular weight excluding hydrogens is 198 g/mol. The molecule has 16 heavy (non-hydrogen) atoms.